The summed E-state index contributed by atoms with van der Waals surface area (Å²) < 4.78 is 0. The molecule has 1 aliphatic rings. The van der Waals surface area contributed by atoms with E-state index in [1.807, 2.05) is 0 Å². The Labute approximate surface area is 124 Å². The van der Waals surface area contributed by atoms with Gasteiger partial charge in [-0.05, 0) is 58.1 Å². The third-order valence-electron chi connectivity index (χ3n) is 4.69. The van der Waals surface area contributed by atoms with E-state index in [0.29, 0.717) is 6.04 Å². The molecular weight excluding hydrogens is 244 g/mol. The molecule has 0 spiro atoms. The average molecular weight is 274 g/mol. The molecule has 1 aliphatic heterocycles. The van der Waals surface area contributed by atoms with Gasteiger partial charge in [0.15, 0.2) is 0 Å². The van der Waals surface area contributed by atoms with Crippen LogP contribution in [0.25, 0.3) is 0 Å². The molecule has 0 saturated heterocycles. The lowest BCUT2D eigenvalue weighted by atomic mass is 10.0. The van der Waals surface area contributed by atoms with Crippen LogP contribution in [0, 0.1) is 0 Å². The highest BCUT2D eigenvalue weighted by Gasteiger charge is 2.22. The SMILES string of the molecule is CCC(C)(C)NCC(C)N1CCCCc2ccccc21. The second-order valence-corrected chi connectivity index (χ2v) is 6.75. The number of anilines is 1. The molecule has 0 aromatic heterocycles. The predicted octanol–water partition coefficient (Wildman–Crippen LogP) is 4.00. The molecule has 1 aromatic carbocycles. The van der Waals surface area contributed by atoms with E-state index in [1.54, 1.807) is 0 Å². The summed E-state index contributed by atoms with van der Waals surface area (Å²) in [5.41, 5.74) is 3.21. The molecule has 0 aliphatic carbocycles. The standard InChI is InChI=1S/C18H30N2/c1-5-18(3,4)19-14-15(2)20-13-9-8-11-16-10-6-7-12-17(16)20/h6-7,10,12,15,19H,5,8-9,11,13-14H2,1-4H3. The summed E-state index contributed by atoms with van der Waals surface area (Å²) >= 11 is 0. The molecule has 1 heterocycles. The number of rotatable bonds is 5. The van der Waals surface area contributed by atoms with Gasteiger partial charge in [-0.3, -0.25) is 0 Å². The first kappa shape index (κ1) is 15.4. The number of fused-ring (bicyclic) bond motifs is 1. The predicted molar refractivity (Wildman–Crippen MR) is 88.6 cm³/mol. The number of aryl methyl sites for hydroxylation is 1. The van der Waals surface area contributed by atoms with Crippen LogP contribution >= 0.6 is 0 Å². The van der Waals surface area contributed by atoms with Crippen molar-refractivity contribution in [2.45, 2.75) is 65.0 Å². The van der Waals surface area contributed by atoms with E-state index in [9.17, 15) is 0 Å². The molecule has 1 N–H and O–H groups in total. The zero-order valence-electron chi connectivity index (χ0n) is 13.6. The maximum atomic E-state index is 3.72. The van der Waals surface area contributed by atoms with Crippen LogP contribution in [0.1, 0.15) is 52.5 Å². The van der Waals surface area contributed by atoms with Crippen LogP contribution in [0.2, 0.25) is 0 Å². The minimum Gasteiger partial charge on any atom is -0.367 e. The van der Waals surface area contributed by atoms with Gasteiger partial charge in [-0.2, -0.15) is 0 Å². The van der Waals surface area contributed by atoms with Crippen molar-refractivity contribution in [2.75, 3.05) is 18.0 Å². The summed E-state index contributed by atoms with van der Waals surface area (Å²) in [6.45, 7) is 11.4. The summed E-state index contributed by atoms with van der Waals surface area (Å²) in [6.07, 6.45) is 5.01. The van der Waals surface area contributed by atoms with Crippen LogP contribution in [-0.4, -0.2) is 24.7 Å². The van der Waals surface area contributed by atoms with E-state index in [4.69, 9.17) is 0 Å². The van der Waals surface area contributed by atoms with E-state index in [2.05, 4.69) is 62.2 Å². The fourth-order valence-corrected chi connectivity index (χ4v) is 2.84. The lowest BCUT2D eigenvalue weighted by molar-refractivity contribution is 0.362. The van der Waals surface area contributed by atoms with Gasteiger partial charge in [-0.25, -0.2) is 0 Å². The van der Waals surface area contributed by atoms with Crippen molar-refractivity contribution in [2.24, 2.45) is 0 Å². The lowest BCUT2D eigenvalue weighted by Crippen LogP contribution is -2.48. The van der Waals surface area contributed by atoms with Crippen LogP contribution in [-0.2, 0) is 6.42 Å². The second kappa shape index (κ2) is 6.62. The average Bonchev–Trinajstić information content (AvgIpc) is 2.67. The largest absolute Gasteiger partial charge is 0.367 e. The number of nitrogens with one attached hydrogen (secondary N) is 1. The minimum atomic E-state index is 0.236. The fraction of sp³-hybridized carbons (Fsp3) is 0.667. The van der Waals surface area contributed by atoms with Gasteiger partial charge < -0.3 is 10.2 Å². The number of nitrogens with zero attached hydrogens (tertiary/aromatic N) is 1. The summed E-state index contributed by atoms with van der Waals surface area (Å²) in [5, 5.41) is 3.72. The number of hydrogen-bond acceptors (Lipinski definition) is 2. The molecule has 1 atom stereocenters. The first-order valence-corrected chi connectivity index (χ1v) is 8.13. The third kappa shape index (κ3) is 3.76. The highest BCUT2D eigenvalue weighted by atomic mass is 15.2. The maximum Gasteiger partial charge on any atom is 0.0401 e. The summed E-state index contributed by atoms with van der Waals surface area (Å²) in [6, 6.07) is 9.48. The van der Waals surface area contributed by atoms with Gasteiger partial charge in [0.1, 0.15) is 0 Å². The lowest BCUT2D eigenvalue weighted by Gasteiger charge is -2.34. The van der Waals surface area contributed by atoms with Gasteiger partial charge in [-0.1, -0.05) is 25.1 Å². The Morgan fingerprint density at radius 3 is 2.75 bits per heavy atom. The zero-order valence-corrected chi connectivity index (χ0v) is 13.6. The van der Waals surface area contributed by atoms with Gasteiger partial charge in [0, 0.05) is 30.4 Å². The molecule has 0 bridgehead atoms. The van der Waals surface area contributed by atoms with E-state index < -0.39 is 0 Å². The Kier molecular flexibility index (Phi) is 5.09. The van der Waals surface area contributed by atoms with Gasteiger partial charge >= 0.3 is 0 Å². The zero-order chi connectivity index (χ0) is 14.6. The van der Waals surface area contributed by atoms with Crippen molar-refractivity contribution in [1.29, 1.82) is 0 Å². The molecule has 2 rings (SSSR count). The minimum absolute atomic E-state index is 0.236. The smallest absolute Gasteiger partial charge is 0.0401 e. The second-order valence-electron chi connectivity index (χ2n) is 6.75. The molecule has 0 saturated carbocycles. The first-order valence-electron chi connectivity index (χ1n) is 8.13. The third-order valence-corrected chi connectivity index (χ3v) is 4.69. The van der Waals surface area contributed by atoms with Gasteiger partial charge in [-0.15, -0.1) is 0 Å². The molecular formula is C18H30N2. The molecule has 0 fully saturated rings. The van der Waals surface area contributed by atoms with Crippen molar-refractivity contribution in [3.05, 3.63) is 29.8 Å². The van der Waals surface area contributed by atoms with E-state index >= 15 is 0 Å². The highest BCUT2D eigenvalue weighted by molar-refractivity contribution is 5.55. The summed E-state index contributed by atoms with van der Waals surface area (Å²) in [4.78, 5) is 2.60. The molecule has 1 aromatic rings. The molecule has 0 amide bonds. The fourth-order valence-electron chi connectivity index (χ4n) is 2.84. The summed E-state index contributed by atoms with van der Waals surface area (Å²) in [5.74, 6) is 0. The first-order chi connectivity index (χ1) is 9.53. The molecule has 20 heavy (non-hydrogen) atoms. The molecule has 1 unspecified atom stereocenters. The van der Waals surface area contributed by atoms with Crippen molar-refractivity contribution in [3.63, 3.8) is 0 Å². The van der Waals surface area contributed by atoms with E-state index in [0.717, 1.165) is 13.0 Å². The van der Waals surface area contributed by atoms with Crippen LogP contribution in [0.4, 0.5) is 5.69 Å². The maximum absolute atomic E-state index is 3.72. The topological polar surface area (TPSA) is 15.3 Å². The molecule has 112 valence electrons. The normalized spacial score (nSPS) is 17.5. The van der Waals surface area contributed by atoms with Crippen LogP contribution in [0.15, 0.2) is 24.3 Å². The Hall–Kier alpha value is -1.02. The Bertz CT molecular complexity index is 425. The summed E-state index contributed by atoms with van der Waals surface area (Å²) in [7, 11) is 0. The number of benzene rings is 1. The number of para-hydroxylation sites is 1. The van der Waals surface area contributed by atoms with Crippen LogP contribution in [0.3, 0.4) is 0 Å². The van der Waals surface area contributed by atoms with Crippen molar-refractivity contribution >= 4 is 5.69 Å². The highest BCUT2D eigenvalue weighted by Crippen LogP contribution is 2.27. The van der Waals surface area contributed by atoms with Crippen molar-refractivity contribution in [1.82, 2.24) is 5.32 Å². The molecule has 2 nitrogen and oxygen atoms in total. The van der Waals surface area contributed by atoms with Crippen LogP contribution < -0.4 is 10.2 Å². The Balaban J connectivity index is 2.07. The van der Waals surface area contributed by atoms with Gasteiger partial charge in [0.2, 0.25) is 0 Å². The van der Waals surface area contributed by atoms with Crippen molar-refractivity contribution < 1.29 is 0 Å². The van der Waals surface area contributed by atoms with E-state index in [-0.39, 0.29) is 5.54 Å². The number of hydrogen-bond donors (Lipinski definition) is 1. The Morgan fingerprint density at radius 1 is 1.25 bits per heavy atom. The van der Waals surface area contributed by atoms with E-state index in [1.165, 1.54) is 37.1 Å². The monoisotopic (exact) mass is 274 g/mol. The molecule has 0 radical (unpaired) electrons. The van der Waals surface area contributed by atoms with Gasteiger partial charge in [0.25, 0.3) is 0 Å². The van der Waals surface area contributed by atoms with Crippen molar-refractivity contribution in [3.8, 4) is 0 Å². The van der Waals surface area contributed by atoms with Gasteiger partial charge in [0.05, 0.1) is 0 Å². The van der Waals surface area contributed by atoms with Crippen LogP contribution in [0.5, 0.6) is 0 Å². The Morgan fingerprint density at radius 2 is 2.00 bits per heavy atom. The quantitative estimate of drug-likeness (QED) is 0.873. The molecule has 2 heteroatoms.